The van der Waals surface area contributed by atoms with Crippen molar-refractivity contribution < 1.29 is 18.7 Å². The number of aromatic amines is 1. The molecule has 0 atom stereocenters. The van der Waals surface area contributed by atoms with Gasteiger partial charge in [-0.2, -0.15) is 0 Å². The Bertz CT molecular complexity index is 908. The van der Waals surface area contributed by atoms with Crippen LogP contribution in [0.3, 0.4) is 0 Å². The molecule has 1 fully saturated rings. The van der Waals surface area contributed by atoms with Gasteiger partial charge >= 0.3 is 0 Å². The van der Waals surface area contributed by atoms with Gasteiger partial charge in [-0.15, -0.1) is 0 Å². The SMILES string of the molecule is Nc1nc(SCC(=O)N2CCOCC2)[nH]c(=O)c1NC(=O)c1ccc(Br)o1. The van der Waals surface area contributed by atoms with Crippen molar-refractivity contribution in [1.29, 1.82) is 0 Å². The van der Waals surface area contributed by atoms with Crippen LogP contribution in [-0.4, -0.2) is 58.7 Å². The topological polar surface area (TPSA) is 144 Å². The van der Waals surface area contributed by atoms with E-state index in [1.807, 2.05) is 0 Å². The summed E-state index contributed by atoms with van der Waals surface area (Å²) in [7, 11) is 0. The Morgan fingerprint density at radius 2 is 2.11 bits per heavy atom. The fourth-order valence-corrected chi connectivity index (χ4v) is 3.38. The van der Waals surface area contributed by atoms with Gasteiger partial charge < -0.3 is 25.1 Å². The van der Waals surface area contributed by atoms with Crippen LogP contribution in [0.2, 0.25) is 0 Å². The first-order valence-electron chi connectivity index (χ1n) is 7.89. The molecule has 0 unspecified atom stereocenters. The predicted octanol–water partition coefficient (Wildman–Crippen LogP) is 0.911. The summed E-state index contributed by atoms with van der Waals surface area (Å²) in [5, 5.41) is 2.56. The Labute approximate surface area is 166 Å². The van der Waals surface area contributed by atoms with E-state index in [0.717, 1.165) is 11.8 Å². The highest BCUT2D eigenvalue weighted by Gasteiger charge is 2.19. The van der Waals surface area contributed by atoms with E-state index in [-0.39, 0.29) is 34.1 Å². The van der Waals surface area contributed by atoms with Gasteiger partial charge in [0.05, 0.1) is 19.0 Å². The zero-order valence-electron chi connectivity index (χ0n) is 14.0. The van der Waals surface area contributed by atoms with Gasteiger partial charge in [-0.3, -0.25) is 19.4 Å². The fourth-order valence-electron chi connectivity index (χ4n) is 2.30. The number of nitrogens with two attached hydrogens (primary N) is 1. The second-order valence-electron chi connectivity index (χ2n) is 5.47. The molecule has 0 radical (unpaired) electrons. The molecule has 1 aliphatic rings. The molecule has 27 heavy (non-hydrogen) atoms. The Morgan fingerprint density at radius 1 is 1.37 bits per heavy atom. The number of anilines is 2. The minimum absolute atomic E-state index is 0.00948. The molecule has 12 heteroatoms. The highest BCUT2D eigenvalue weighted by molar-refractivity contribution is 9.10. The van der Waals surface area contributed by atoms with Crippen LogP contribution >= 0.6 is 27.7 Å². The molecule has 3 rings (SSSR count). The van der Waals surface area contributed by atoms with Crippen LogP contribution in [0, 0.1) is 0 Å². The summed E-state index contributed by atoms with van der Waals surface area (Å²) in [6.45, 7) is 2.11. The van der Waals surface area contributed by atoms with E-state index >= 15 is 0 Å². The first kappa shape index (κ1) is 19.5. The summed E-state index contributed by atoms with van der Waals surface area (Å²) in [6, 6.07) is 2.99. The zero-order chi connectivity index (χ0) is 19.4. The molecule has 0 aromatic carbocycles. The number of morpholine rings is 1. The van der Waals surface area contributed by atoms with Crippen molar-refractivity contribution in [3.05, 3.63) is 32.9 Å². The number of nitrogens with zero attached hydrogens (tertiary/aromatic N) is 2. The van der Waals surface area contributed by atoms with Crippen LogP contribution in [0.1, 0.15) is 10.6 Å². The third-order valence-electron chi connectivity index (χ3n) is 3.66. The maximum Gasteiger partial charge on any atom is 0.291 e. The molecule has 2 amide bonds. The van der Waals surface area contributed by atoms with Gasteiger partial charge in [0.15, 0.2) is 27.1 Å². The quantitative estimate of drug-likeness (QED) is 0.443. The highest BCUT2D eigenvalue weighted by Crippen LogP contribution is 2.19. The lowest BCUT2D eigenvalue weighted by molar-refractivity contribution is -0.132. The fraction of sp³-hybridized carbons (Fsp3) is 0.333. The lowest BCUT2D eigenvalue weighted by Crippen LogP contribution is -2.41. The molecule has 0 aliphatic carbocycles. The third kappa shape index (κ3) is 4.90. The van der Waals surface area contributed by atoms with Crippen LogP contribution in [0.5, 0.6) is 0 Å². The Balaban J connectivity index is 1.64. The third-order valence-corrected chi connectivity index (χ3v) is 4.94. The summed E-state index contributed by atoms with van der Waals surface area (Å²) in [4.78, 5) is 44.7. The molecule has 3 heterocycles. The van der Waals surface area contributed by atoms with Crippen molar-refractivity contribution in [2.45, 2.75) is 5.16 Å². The number of H-pyrrole nitrogens is 1. The van der Waals surface area contributed by atoms with Crippen molar-refractivity contribution in [3.63, 3.8) is 0 Å². The standard InChI is InChI=1S/C15H16BrN5O5S/c16-9-2-1-8(26-9)13(23)18-11-12(17)19-15(20-14(11)24)27-7-10(22)21-3-5-25-6-4-21/h1-2H,3-7H2,(H,18,23)(H3,17,19,20,24). The van der Waals surface area contributed by atoms with E-state index in [9.17, 15) is 14.4 Å². The van der Waals surface area contributed by atoms with Crippen molar-refractivity contribution in [3.8, 4) is 0 Å². The van der Waals surface area contributed by atoms with Gasteiger partial charge in [-0.25, -0.2) is 4.98 Å². The van der Waals surface area contributed by atoms with E-state index in [4.69, 9.17) is 14.9 Å². The lowest BCUT2D eigenvalue weighted by atomic mass is 10.4. The first-order chi connectivity index (χ1) is 12.9. The van der Waals surface area contributed by atoms with Crippen molar-refractivity contribution in [2.24, 2.45) is 0 Å². The maximum atomic E-state index is 12.2. The Hall–Kier alpha value is -2.31. The van der Waals surface area contributed by atoms with E-state index in [0.29, 0.717) is 31.0 Å². The average molecular weight is 458 g/mol. The van der Waals surface area contributed by atoms with Crippen LogP contribution < -0.4 is 16.6 Å². The molecular formula is C15H16BrN5O5S. The number of furan rings is 1. The van der Waals surface area contributed by atoms with E-state index in [1.165, 1.54) is 6.07 Å². The first-order valence-corrected chi connectivity index (χ1v) is 9.66. The number of carbonyl (C=O) groups is 2. The number of amides is 2. The molecule has 2 aromatic heterocycles. The molecule has 0 saturated carbocycles. The minimum atomic E-state index is -0.636. The molecule has 144 valence electrons. The van der Waals surface area contributed by atoms with Gasteiger partial charge in [0, 0.05) is 13.1 Å². The average Bonchev–Trinajstić information content (AvgIpc) is 3.10. The second-order valence-corrected chi connectivity index (χ2v) is 7.22. The molecule has 4 N–H and O–H groups in total. The van der Waals surface area contributed by atoms with E-state index < -0.39 is 11.5 Å². The molecule has 1 saturated heterocycles. The molecular weight excluding hydrogens is 442 g/mol. The van der Waals surface area contributed by atoms with Gasteiger partial charge in [0.2, 0.25) is 5.91 Å². The summed E-state index contributed by atoms with van der Waals surface area (Å²) < 4.78 is 10.7. The molecule has 2 aromatic rings. The number of aromatic nitrogens is 2. The number of hydrogen-bond donors (Lipinski definition) is 3. The van der Waals surface area contributed by atoms with Gasteiger partial charge in [-0.05, 0) is 28.1 Å². The van der Waals surface area contributed by atoms with Gasteiger partial charge in [0.25, 0.3) is 11.5 Å². The maximum absolute atomic E-state index is 12.2. The number of rotatable bonds is 5. The largest absolute Gasteiger partial charge is 0.444 e. The number of ether oxygens (including phenoxy) is 1. The summed E-state index contributed by atoms with van der Waals surface area (Å²) in [5.41, 5.74) is 4.99. The van der Waals surface area contributed by atoms with Gasteiger partial charge in [-0.1, -0.05) is 11.8 Å². The van der Waals surface area contributed by atoms with Crippen LogP contribution in [0.15, 0.2) is 31.2 Å². The predicted molar refractivity (Wildman–Crippen MR) is 102 cm³/mol. The van der Waals surface area contributed by atoms with E-state index in [2.05, 4.69) is 31.2 Å². The van der Waals surface area contributed by atoms with Crippen molar-refractivity contribution in [2.75, 3.05) is 43.1 Å². The van der Waals surface area contributed by atoms with Crippen LogP contribution in [0.25, 0.3) is 0 Å². The number of thioether (sulfide) groups is 1. The summed E-state index contributed by atoms with van der Waals surface area (Å²) in [6.07, 6.45) is 0. The molecule has 0 bridgehead atoms. The number of halogens is 1. The highest BCUT2D eigenvalue weighted by atomic mass is 79.9. The molecule has 1 aliphatic heterocycles. The Kier molecular flexibility index (Phi) is 6.19. The second kappa shape index (κ2) is 8.59. The summed E-state index contributed by atoms with van der Waals surface area (Å²) >= 11 is 4.15. The van der Waals surface area contributed by atoms with E-state index in [1.54, 1.807) is 11.0 Å². The lowest BCUT2D eigenvalue weighted by Gasteiger charge is -2.26. The van der Waals surface area contributed by atoms with Crippen molar-refractivity contribution >= 4 is 51.0 Å². The van der Waals surface area contributed by atoms with Gasteiger partial charge in [0.1, 0.15) is 0 Å². The number of nitrogens with one attached hydrogen (secondary N) is 2. The normalized spacial score (nSPS) is 14.2. The minimum Gasteiger partial charge on any atom is -0.444 e. The number of hydrogen-bond acceptors (Lipinski definition) is 8. The number of carbonyl (C=O) groups excluding carboxylic acids is 2. The van der Waals surface area contributed by atoms with Crippen LogP contribution in [-0.2, 0) is 9.53 Å². The van der Waals surface area contributed by atoms with Crippen LogP contribution in [0.4, 0.5) is 11.5 Å². The number of nitrogen functional groups attached to an aromatic ring is 1. The monoisotopic (exact) mass is 457 g/mol. The zero-order valence-corrected chi connectivity index (χ0v) is 16.4. The smallest absolute Gasteiger partial charge is 0.291 e. The molecule has 0 spiro atoms. The molecule has 10 nitrogen and oxygen atoms in total. The summed E-state index contributed by atoms with van der Waals surface area (Å²) in [5.74, 6) is -0.753. The Morgan fingerprint density at radius 3 is 2.74 bits per heavy atom. The van der Waals surface area contributed by atoms with Crippen molar-refractivity contribution in [1.82, 2.24) is 14.9 Å².